The van der Waals surface area contributed by atoms with Gasteiger partial charge in [-0.3, -0.25) is 9.59 Å². The van der Waals surface area contributed by atoms with Crippen molar-refractivity contribution in [3.8, 4) is 0 Å². The van der Waals surface area contributed by atoms with Crippen LogP contribution in [0.2, 0.25) is 0 Å². The fraction of sp³-hybridized carbons (Fsp3) is 0.529. The summed E-state index contributed by atoms with van der Waals surface area (Å²) in [5, 5.41) is 9.03. The van der Waals surface area contributed by atoms with Crippen LogP contribution in [0.3, 0.4) is 0 Å². The number of anilines is 2. The summed E-state index contributed by atoms with van der Waals surface area (Å²) in [4.78, 5) is 23.8. The molecule has 1 heterocycles. The second-order valence-electron chi connectivity index (χ2n) is 6.26. The van der Waals surface area contributed by atoms with Crippen molar-refractivity contribution < 1.29 is 9.59 Å². The monoisotopic (exact) mass is 303 g/mol. The summed E-state index contributed by atoms with van der Waals surface area (Å²) in [5.41, 5.74) is 1.51. The normalized spacial score (nSPS) is 18.0. The van der Waals surface area contributed by atoms with Crippen LogP contribution in [0.5, 0.6) is 0 Å². The molecule has 1 aromatic rings. The molecule has 0 aliphatic carbocycles. The van der Waals surface area contributed by atoms with Crippen molar-refractivity contribution in [2.75, 3.05) is 23.7 Å². The fourth-order valence-electron chi connectivity index (χ4n) is 2.54. The third-order valence-electron chi connectivity index (χ3n) is 3.70. The maximum atomic E-state index is 12.1. The average molecular weight is 303 g/mol. The maximum Gasteiger partial charge on any atom is 0.228 e. The highest BCUT2D eigenvalue weighted by Crippen LogP contribution is 2.17. The smallest absolute Gasteiger partial charge is 0.228 e. The van der Waals surface area contributed by atoms with Gasteiger partial charge in [-0.15, -0.1) is 0 Å². The Balaban J connectivity index is 1.86. The predicted octanol–water partition coefficient (Wildman–Crippen LogP) is 2.61. The molecule has 3 N–H and O–H groups in total. The van der Waals surface area contributed by atoms with E-state index in [-0.39, 0.29) is 17.7 Å². The molecule has 0 saturated carbocycles. The van der Waals surface area contributed by atoms with Crippen molar-refractivity contribution in [3.63, 3.8) is 0 Å². The number of amides is 2. The van der Waals surface area contributed by atoms with E-state index in [0.29, 0.717) is 12.3 Å². The molecule has 1 aliphatic heterocycles. The number of nitrogens with one attached hydrogen (secondary N) is 3. The van der Waals surface area contributed by atoms with Crippen molar-refractivity contribution in [2.45, 2.75) is 33.1 Å². The zero-order valence-corrected chi connectivity index (χ0v) is 13.3. The molecule has 5 nitrogen and oxygen atoms in total. The quantitative estimate of drug-likeness (QED) is 0.783. The van der Waals surface area contributed by atoms with Gasteiger partial charge in [-0.1, -0.05) is 13.8 Å². The van der Waals surface area contributed by atoms with Gasteiger partial charge in [-0.2, -0.15) is 0 Å². The van der Waals surface area contributed by atoms with Crippen LogP contribution in [0.15, 0.2) is 24.3 Å². The summed E-state index contributed by atoms with van der Waals surface area (Å²) in [5.74, 6) is 0.450. The Morgan fingerprint density at radius 2 is 1.82 bits per heavy atom. The Labute approximate surface area is 131 Å². The van der Waals surface area contributed by atoms with Crippen LogP contribution in [-0.4, -0.2) is 24.9 Å². The zero-order chi connectivity index (χ0) is 15.9. The number of hydrogen-bond donors (Lipinski definition) is 3. The molecule has 2 amide bonds. The van der Waals surface area contributed by atoms with Gasteiger partial charge in [-0.05, 0) is 49.6 Å². The second kappa shape index (κ2) is 7.94. The molecule has 22 heavy (non-hydrogen) atoms. The summed E-state index contributed by atoms with van der Waals surface area (Å²) >= 11 is 0. The van der Waals surface area contributed by atoms with E-state index in [1.165, 1.54) is 0 Å². The first kappa shape index (κ1) is 16.5. The van der Waals surface area contributed by atoms with Crippen LogP contribution in [0.1, 0.15) is 33.1 Å². The first-order valence-corrected chi connectivity index (χ1v) is 7.96. The van der Waals surface area contributed by atoms with Crippen LogP contribution in [0.4, 0.5) is 11.4 Å². The van der Waals surface area contributed by atoms with Crippen LogP contribution in [0, 0.1) is 11.8 Å². The Morgan fingerprint density at radius 1 is 1.18 bits per heavy atom. The van der Waals surface area contributed by atoms with Gasteiger partial charge in [0.05, 0.1) is 5.92 Å². The molecule has 0 aromatic heterocycles. The molecule has 0 bridgehead atoms. The second-order valence-corrected chi connectivity index (χ2v) is 6.26. The lowest BCUT2D eigenvalue weighted by molar-refractivity contribution is -0.120. The van der Waals surface area contributed by atoms with Gasteiger partial charge in [0.2, 0.25) is 11.8 Å². The van der Waals surface area contributed by atoms with E-state index in [9.17, 15) is 9.59 Å². The number of carbonyl (C=O) groups excluding carboxylic acids is 2. The standard InChI is InChI=1S/C17H25N3O2/c1-12(2)10-16(21)19-14-5-7-15(8-6-14)20-17(22)13-4-3-9-18-11-13/h5-8,12-13,18H,3-4,9-11H2,1-2H3,(H,19,21)(H,20,22). The highest BCUT2D eigenvalue weighted by atomic mass is 16.2. The minimum Gasteiger partial charge on any atom is -0.326 e. The summed E-state index contributed by atoms with van der Waals surface area (Å²) in [6.45, 7) is 5.76. The first-order chi connectivity index (χ1) is 10.5. The number of rotatable bonds is 5. The van der Waals surface area contributed by atoms with Crippen molar-refractivity contribution in [1.82, 2.24) is 5.32 Å². The van der Waals surface area contributed by atoms with E-state index in [2.05, 4.69) is 16.0 Å². The number of piperidine rings is 1. The molecule has 1 unspecified atom stereocenters. The summed E-state index contributed by atoms with van der Waals surface area (Å²) in [6, 6.07) is 7.26. The predicted molar refractivity (Wildman–Crippen MR) is 88.8 cm³/mol. The highest BCUT2D eigenvalue weighted by Gasteiger charge is 2.20. The van der Waals surface area contributed by atoms with Gasteiger partial charge < -0.3 is 16.0 Å². The van der Waals surface area contributed by atoms with Gasteiger partial charge in [0.15, 0.2) is 0 Å². The van der Waals surface area contributed by atoms with E-state index in [4.69, 9.17) is 0 Å². The Kier molecular flexibility index (Phi) is 5.95. The molecule has 1 fully saturated rings. The molecule has 0 radical (unpaired) electrons. The van der Waals surface area contributed by atoms with E-state index >= 15 is 0 Å². The first-order valence-electron chi connectivity index (χ1n) is 7.96. The summed E-state index contributed by atoms with van der Waals surface area (Å²) < 4.78 is 0. The molecule has 5 heteroatoms. The number of carbonyl (C=O) groups is 2. The molecule has 1 aliphatic rings. The van der Waals surface area contributed by atoms with E-state index in [1.807, 2.05) is 38.1 Å². The van der Waals surface area contributed by atoms with Crippen molar-refractivity contribution >= 4 is 23.2 Å². The van der Waals surface area contributed by atoms with Gasteiger partial charge >= 0.3 is 0 Å². The third kappa shape index (κ3) is 5.15. The molecule has 0 spiro atoms. The molecule has 1 atom stereocenters. The third-order valence-corrected chi connectivity index (χ3v) is 3.70. The van der Waals surface area contributed by atoms with Crippen molar-refractivity contribution in [1.29, 1.82) is 0 Å². The Bertz CT molecular complexity index is 505. The lowest BCUT2D eigenvalue weighted by Gasteiger charge is -2.21. The van der Waals surface area contributed by atoms with Gasteiger partial charge in [0.25, 0.3) is 0 Å². The van der Waals surface area contributed by atoms with Gasteiger partial charge in [0.1, 0.15) is 0 Å². The summed E-state index contributed by atoms with van der Waals surface area (Å²) in [6.07, 6.45) is 2.48. The van der Waals surface area contributed by atoms with Crippen molar-refractivity contribution in [2.24, 2.45) is 11.8 Å². The lowest BCUT2D eigenvalue weighted by Crippen LogP contribution is -2.37. The van der Waals surface area contributed by atoms with E-state index in [1.54, 1.807) is 0 Å². The largest absolute Gasteiger partial charge is 0.326 e. The van der Waals surface area contributed by atoms with Gasteiger partial charge in [-0.25, -0.2) is 0 Å². The van der Waals surface area contributed by atoms with Crippen LogP contribution in [0.25, 0.3) is 0 Å². The fourth-order valence-corrected chi connectivity index (χ4v) is 2.54. The number of hydrogen-bond acceptors (Lipinski definition) is 3. The molecular weight excluding hydrogens is 278 g/mol. The maximum absolute atomic E-state index is 12.1. The topological polar surface area (TPSA) is 70.2 Å². The minimum absolute atomic E-state index is 0.0139. The molecule has 1 aromatic carbocycles. The van der Waals surface area contributed by atoms with E-state index in [0.717, 1.165) is 37.3 Å². The minimum atomic E-state index is 0.0139. The van der Waals surface area contributed by atoms with Crippen LogP contribution < -0.4 is 16.0 Å². The van der Waals surface area contributed by atoms with Crippen molar-refractivity contribution in [3.05, 3.63) is 24.3 Å². The van der Waals surface area contributed by atoms with Gasteiger partial charge in [0, 0.05) is 24.3 Å². The Morgan fingerprint density at radius 3 is 2.36 bits per heavy atom. The van der Waals surface area contributed by atoms with E-state index < -0.39 is 0 Å². The Hall–Kier alpha value is -1.88. The van der Waals surface area contributed by atoms with Crippen LogP contribution in [-0.2, 0) is 9.59 Å². The molecule has 120 valence electrons. The SMILES string of the molecule is CC(C)CC(=O)Nc1ccc(NC(=O)C2CCCNC2)cc1. The average Bonchev–Trinajstić information content (AvgIpc) is 2.49. The zero-order valence-electron chi connectivity index (χ0n) is 13.3. The molecule has 2 rings (SSSR count). The summed E-state index contributed by atoms with van der Waals surface area (Å²) in [7, 11) is 0. The molecular formula is C17H25N3O2. The lowest BCUT2D eigenvalue weighted by atomic mass is 9.99. The number of benzene rings is 1. The van der Waals surface area contributed by atoms with Crippen LogP contribution >= 0.6 is 0 Å². The molecule has 1 saturated heterocycles. The highest BCUT2D eigenvalue weighted by molar-refractivity contribution is 5.94.